The molecule has 0 atom stereocenters. The maximum atomic E-state index is 13.8. The summed E-state index contributed by atoms with van der Waals surface area (Å²) in [6.45, 7) is 6.17. The normalized spacial score (nSPS) is 12.8. The van der Waals surface area contributed by atoms with Crippen LogP contribution in [0.1, 0.15) is 64.7 Å². The summed E-state index contributed by atoms with van der Waals surface area (Å²) in [5, 5.41) is 0. The van der Waals surface area contributed by atoms with Crippen molar-refractivity contribution in [1.82, 2.24) is 9.55 Å². The molecule has 0 saturated heterocycles. The Kier molecular flexibility index (Phi) is 7.10. The molecule has 0 aliphatic carbocycles. The number of carbonyl (C=O) groups is 3. The minimum Gasteiger partial charge on any atom is -0.383 e. The smallest absolute Gasteiger partial charge is 0.330 e. The van der Waals surface area contributed by atoms with Crippen molar-refractivity contribution in [2.45, 2.75) is 40.2 Å². The number of hydrogen-bond donors (Lipinski definition) is 2. The number of fused-ring (bicyclic) bond motifs is 1. The third kappa shape index (κ3) is 4.69. The fourth-order valence-electron chi connectivity index (χ4n) is 4.37. The molecular weight excluding hydrogens is 474 g/mol. The van der Waals surface area contributed by atoms with E-state index in [1.165, 1.54) is 21.6 Å². The standard InChI is InChI=1S/C27H29N5O5/c1-4-5-13-30-22(28)21(23(33)29-27(30)37)31(15-16(2)3)24(34)17-9-8-10-18(14-17)32-25(35)19-11-6-7-12-20(19)26(32)36/h6-12,14,16H,4-5,13,15,28H2,1-3H3,(H,29,33,37). The minimum absolute atomic E-state index is 0.0433. The molecule has 192 valence electrons. The number of nitrogens with one attached hydrogen (secondary N) is 1. The third-order valence-corrected chi connectivity index (χ3v) is 6.16. The number of nitrogen functional groups attached to an aromatic ring is 1. The van der Waals surface area contributed by atoms with E-state index in [4.69, 9.17) is 5.73 Å². The summed E-state index contributed by atoms with van der Waals surface area (Å²) in [6, 6.07) is 12.6. The average molecular weight is 504 g/mol. The van der Waals surface area contributed by atoms with Crippen molar-refractivity contribution in [2.24, 2.45) is 5.92 Å². The number of carbonyl (C=O) groups excluding carboxylic acids is 3. The quantitative estimate of drug-likeness (QED) is 0.453. The van der Waals surface area contributed by atoms with Crippen LogP contribution in [0.4, 0.5) is 17.2 Å². The lowest BCUT2D eigenvalue weighted by atomic mass is 10.1. The second-order valence-corrected chi connectivity index (χ2v) is 9.35. The van der Waals surface area contributed by atoms with Gasteiger partial charge in [-0.2, -0.15) is 0 Å². The molecule has 0 radical (unpaired) electrons. The molecule has 2 heterocycles. The Labute approximate surface area is 213 Å². The van der Waals surface area contributed by atoms with Gasteiger partial charge in [0, 0.05) is 18.7 Å². The number of imide groups is 1. The maximum Gasteiger partial charge on any atom is 0.330 e. The van der Waals surface area contributed by atoms with Gasteiger partial charge in [-0.1, -0.05) is 45.4 Å². The lowest BCUT2D eigenvalue weighted by Crippen LogP contribution is -2.42. The molecule has 37 heavy (non-hydrogen) atoms. The monoisotopic (exact) mass is 503 g/mol. The largest absolute Gasteiger partial charge is 0.383 e. The summed E-state index contributed by atoms with van der Waals surface area (Å²) >= 11 is 0. The first-order valence-corrected chi connectivity index (χ1v) is 12.2. The van der Waals surface area contributed by atoms with Crippen molar-refractivity contribution in [3.05, 3.63) is 86.1 Å². The molecule has 3 aromatic rings. The number of anilines is 3. The molecule has 0 saturated carbocycles. The topological polar surface area (TPSA) is 139 Å². The summed E-state index contributed by atoms with van der Waals surface area (Å²) in [4.78, 5) is 69.5. The Morgan fingerprint density at radius 2 is 1.65 bits per heavy atom. The Morgan fingerprint density at radius 1 is 1.00 bits per heavy atom. The molecule has 0 fully saturated rings. The van der Waals surface area contributed by atoms with E-state index in [1.54, 1.807) is 36.4 Å². The molecule has 2 aromatic carbocycles. The molecule has 1 aliphatic heterocycles. The van der Waals surface area contributed by atoms with Crippen LogP contribution in [0.5, 0.6) is 0 Å². The van der Waals surface area contributed by atoms with E-state index in [2.05, 4.69) is 4.98 Å². The Bertz CT molecular complexity index is 1470. The summed E-state index contributed by atoms with van der Waals surface area (Å²) in [5.74, 6) is -1.64. The minimum atomic E-state index is -0.763. The van der Waals surface area contributed by atoms with E-state index in [0.29, 0.717) is 24.1 Å². The van der Waals surface area contributed by atoms with E-state index in [9.17, 15) is 24.0 Å². The first-order chi connectivity index (χ1) is 17.6. The number of rotatable bonds is 8. The fraction of sp³-hybridized carbons (Fsp3) is 0.296. The zero-order valence-electron chi connectivity index (χ0n) is 21.0. The van der Waals surface area contributed by atoms with Gasteiger partial charge in [0.25, 0.3) is 23.3 Å². The van der Waals surface area contributed by atoms with Gasteiger partial charge in [-0.05, 0) is 42.7 Å². The van der Waals surface area contributed by atoms with Crippen LogP contribution >= 0.6 is 0 Å². The van der Waals surface area contributed by atoms with Gasteiger partial charge < -0.3 is 10.6 Å². The molecule has 10 nitrogen and oxygen atoms in total. The molecule has 1 aromatic heterocycles. The highest BCUT2D eigenvalue weighted by molar-refractivity contribution is 6.34. The Balaban J connectivity index is 1.77. The predicted molar refractivity (Wildman–Crippen MR) is 141 cm³/mol. The van der Waals surface area contributed by atoms with Gasteiger partial charge in [-0.3, -0.25) is 28.7 Å². The molecule has 3 amide bonds. The third-order valence-electron chi connectivity index (χ3n) is 6.16. The van der Waals surface area contributed by atoms with Gasteiger partial charge in [-0.25, -0.2) is 9.69 Å². The van der Waals surface area contributed by atoms with Gasteiger partial charge in [0.05, 0.1) is 16.8 Å². The zero-order chi connectivity index (χ0) is 26.9. The fourth-order valence-corrected chi connectivity index (χ4v) is 4.37. The highest BCUT2D eigenvalue weighted by atomic mass is 16.2. The molecule has 3 N–H and O–H groups in total. The molecule has 0 unspecified atom stereocenters. The number of H-pyrrole nitrogens is 1. The van der Waals surface area contributed by atoms with Gasteiger partial charge in [0.15, 0.2) is 5.69 Å². The zero-order valence-corrected chi connectivity index (χ0v) is 21.0. The second kappa shape index (κ2) is 10.3. The maximum absolute atomic E-state index is 13.8. The lowest BCUT2D eigenvalue weighted by Gasteiger charge is -2.26. The predicted octanol–water partition coefficient (Wildman–Crippen LogP) is 3.02. The Hall–Kier alpha value is -4.47. The number of aromatic amines is 1. The first-order valence-electron chi connectivity index (χ1n) is 12.2. The molecule has 10 heteroatoms. The number of unbranched alkanes of at least 4 members (excludes halogenated alkanes) is 1. The molecule has 1 aliphatic rings. The van der Waals surface area contributed by atoms with Gasteiger partial charge in [0.2, 0.25) is 0 Å². The van der Waals surface area contributed by atoms with E-state index < -0.39 is 29.0 Å². The van der Waals surface area contributed by atoms with E-state index >= 15 is 0 Å². The SMILES string of the molecule is CCCCn1c(N)c(N(CC(C)C)C(=O)c2cccc(N3C(=O)c4ccccc4C3=O)c2)c(=O)[nH]c1=O. The molecule has 0 spiro atoms. The lowest BCUT2D eigenvalue weighted by molar-refractivity contribution is 0.0922. The number of hydrogen-bond acceptors (Lipinski definition) is 6. The van der Waals surface area contributed by atoms with Crippen LogP contribution in [0.3, 0.4) is 0 Å². The van der Waals surface area contributed by atoms with Crippen molar-refractivity contribution >= 4 is 34.9 Å². The average Bonchev–Trinajstić information content (AvgIpc) is 3.12. The molecule has 4 rings (SSSR count). The van der Waals surface area contributed by atoms with E-state index in [1.807, 2.05) is 20.8 Å². The van der Waals surface area contributed by atoms with E-state index in [0.717, 1.165) is 11.3 Å². The number of aromatic nitrogens is 2. The number of benzene rings is 2. The van der Waals surface area contributed by atoms with Crippen molar-refractivity contribution in [2.75, 3.05) is 22.1 Å². The van der Waals surface area contributed by atoms with Crippen LogP contribution in [0, 0.1) is 5.92 Å². The van der Waals surface area contributed by atoms with Crippen LogP contribution in [0.2, 0.25) is 0 Å². The summed E-state index contributed by atoms with van der Waals surface area (Å²) in [7, 11) is 0. The summed E-state index contributed by atoms with van der Waals surface area (Å²) in [5.41, 5.74) is 5.74. The Morgan fingerprint density at radius 3 is 2.24 bits per heavy atom. The highest BCUT2D eigenvalue weighted by Gasteiger charge is 2.36. The molecular formula is C27H29N5O5. The number of nitrogens with zero attached hydrogens (tertiary/aromatic N) is 3. The van der Waals surface area contributed by atoms with Gasteiger partial charge >= 0.3 is 5.69 Å². The first kappa shape index (κ1) is 25.6. The van der Waals surface area contributed by atoms with Crippen molar-refractivity contribution in [3.8, 4) is 0 Å². The summed E-state index contributed by atoms with van der Waals surface area (Å²) in [6.07, 6.45) is 1.47. The van der Waals surface area contributed by atoms with Gasteiger partial charge in [0.1, 0.15) is 5.82 Å². The summed E-state index contributed by atoms with van der Waals surface area (Å²) < 4.78 is 1.26. The van der Waals surface area contributed by atoms with Crippen molar-refractivity contribution < 1.29 is 14.4 Å². The van der Waals surface area contributed by atoms with Crippen LogP contribution in [0.15, 0.2) is 58.1 Å². The van der Waals surface area contributed by atoms with Crippen molar-refractivity contribution in [3.63, 3.8) is 0 Å². The molecule has 0 bridgehead atoms. The van der Waals surface area contributed by atoms with Crippen LogP contribution in [-0.4, -0.2) is 33.8 Å². The highest BCUT2D eigenvalue weighted by Crippen LogP contribution is 2.30. The number of nitrogens with two attached hydrogens (primary N) is 1. The van der Waals surface area contributed by atoms with Crippen LogP contribution in [0.25, 0.3) is 0 Å². The van der Waals surface area contributed by atoms with Gasteiger partial charge in [-0.15, -0.1) is 0 Å². The van der Waals surface area contributed by atoms with Crippen LogP contribution < -0.4 is 26.8 Å². The van der Waals surface area contributed by atoms with Crippen molar-refractivity contribution in [1.29, 1.82) is 0 Å². The second-order valence-electron chi connectivity index (χ2n) is 9.35. The number of amides is 3. The van der Waals surface area contributed by atoms with Crippen LogP contribution in [-0.2, 0) is 6.54 Å². The van der Waals surface area contributed by atoms with E-state index in [-0.39, 0.29) is 35.2 Å².